The Bertz CT molecular complexity index is 6.00. The molecule has 0 saturated heterocycles. The number of hydrogen-bond acceptors (Lipinski definition) is 1. The molecule has 0 radical (unpaired) electrons. The summed E-state index contributed by atoms with van der Waals surface area (Å²) in [6.07, 6.45) is 0. The Hall–Kier alpha value is 0.399. The third-order valence-electron chi connectivity index (χ3n) is 0. The molecule has 0 heterocycles. The van der Waals surface area contributed by atoms with Crippen molar-refractivity contribution in [1.82, 2.24) is 6.15 Å². The average molecular weight is 109 g/mol. The van der Waals surface area contributed by atoms with Crippen molar-refractivity contribution >= 4 is 0 Å². The fraction of sp³-hybridized carbons (Fsp3) is 0. The van der Waals surface area contributed by atoms with Gasteiger partial charge in [-0.25, -0.2) is 0 Å². The van der Waals surface area contributed by atoms with Crippen LogP contribution in [0, 0.1) is 0 Å². The standard InChI is InChI=1S/Fe.H3N.2H2O/h;1H3;2*1H2/q+2;;;. The smallest absolute Gasteiger partial charge is 0.412 e. The van der Waals surface area contributed by atoms with E-state index >= 15 is 0 Å². The van der Waals surface area contributed by atoms with Crippen molar-refractivity contribution in [3.8, 4) is 0 Å². The van der Waals surface area contributed by atoms with Gasteiger partial charge < -0.3 is 17.1 Å². The van der Waals surface area contributed by atoms with Crippen LogP contribution in [0.5, 0.6) is 0 Å². The van der Waals surface area contributed by atoms with E-state index in [-0.39, 0.29) is 34.2 Å². The van der Waals surface area contributed by atoms with Gasteiger partial charge in [0.1, 0.15) is 0 Å². The van der Waals surface area contributed by atoms with E-state index in [2.05, 4.69) is 0 Å². The molecule has 7 N–H and O–H groups in total. The second-order valence-electron chi connectivity index (χ2n) is 0. The zero-order valence-electron chi connectivity index (χ0n) is 2.06. The van der Waals surface area contributed by atoms with Gasteiger partial charge in [-0.1, -0.05) is 0 Å². The summed E-state index contributed by atoms with van der Waals surface area (Å²) in [5.74, 6) is 0. The van der Waals surface area contributed by atoms with Gasteiger partial charge in [-0.15, -0.1) is 0 Å². The maximum Gasteiger partial charge on any atom is 2.00 e. The van der Waals surface area contributed by atoms with Crippen molar-refractivity contribution in [2.45, 2.75) is 0 Å². The minimum atomic E-state index is 0. The minimum absolute atomic E-state index is 0. The summed E-state index contributed by atoms with van der Waals surface area (Å²) in [6, 6.07) is 0. The molecule has 0 rings (SSSR count). The molecular formula is H7FeNO2+2. The second kappa shape index (κ2) is 123. The van der Waals surface area contributed by atoms with Crippen LogP contribution in [-0.2, 0) is 17.1 Å². The molecule has 4 heteroatoms. The van der Waals surface area contributed by atoms with E-state index in [0.717, 1.165) is 0 Å². The largest absolute Gasteiger partial charge is 2.00 e. The molecule has 0 atom stereocenters. The predicted octanol–water partition coefficient (Wildman–Crippen LogP) is -1.49. The van der Waals surface area contributed by atoms with Crippen molar-refractivity contribution in [3.63, 3.8) is 0 Å². The summed E-state index contributed by atoms with van der Waals surface area (Å²) in [7, 11) is 0. The van der Waals surface area contributed by atoms with Crippen LogP contribution in [0.3, 0.4) is 0 Å². The van der Waals surface area contributed by atoms with E-state index in [1.54, 1.807) is 0 Å². The van der Waals surface area contributed by atoms with Gasteiger partial charge in [0, 0.05) is 0 Å². The fourth-order valence-corrected chi connectivity index (χ4v) is 0. The van der Waals surface area contributed by atoms with E-state index in [9.17, 15) is 0 Å². The summed E-state index contributed by atoms with van der Waals surface area (Å²) < 4.78 is 0. The fourth-order valence-electron chi connectivity index (χ4n) is 0. The summed E-state index contributed by atoms with van der Waals surface area (Å²) in [6.45, 7) is 0. The average Bonchev–Trinajstić information content (AvgIpc) is 0. The molecule has 4 heavy (non-hydrogen) atoms. The first-order valence-electron chi connectivity index (χ1n) is 0. The quantitative estimate of drug-likeness (QED) is 0.376. The first kappa shape index (κ1) is 319. The number of rotatable bonds is 0. The van der Waals surface area contributed by atoms with Crippen LogP contribution < -0.4 is 6.15 Å². The van der Waals surface area contributed by atoms with Gasteiger partial charge in [-0.05, 0) is 0 Å². The Kier molecular flexibility index (Phi) is 9770. The van der Waals surface area contributed by atoms with Crippen LogP contribution in [0.1, 0.15) is 0 Å². The summed E-state index contributed by atoms with van der Waals surface area (Å²) >= 11 is 0. The van der Waals surface area contributed by atoms with E-state index in [4.69, 9.17) is 0 Å². The molecule has 0 spiro atoms. The molecule has 0 aliphatic rings. The topological polar surface area (TPSA) is 98.0 Å². The van der Waals surface area contributed by atoms with E-state index < -0.39 is 0 Å². The summed E-state index contributed by atoms with van der Waals surface area (Å²) in [5.41, 5.74) is 0. The van der Waals surface area contributed by atoms with Gasteiger partial charge in [0.25, 0.3) is 0 Å². The van der Waals surface area contributed by atoms with Crippen LogP contribution in [-0.4, -0.2) is 11.0 Å². The molecule has 0 unspecified atom stereocenters. The molecule has 0 aromatic rings. The van der Waals surface area contributed by atoms with Gasteiger partial charge in [-0.2, -0.15) is 0 Å². The third kappa shape index (κ3) is 29.4. The zero-order chi connectivity index (χ0) is 0. The Balaban J connectivity index is 0. The molecule has 30 valence electrons. The molecule has 0 aromatic heterocycles. The minimum Gasteiger partial charge on any atom is -0.412 e. The Morgan fingerprint density at radius 2 is 0.750 bits per heavy atom. The first-order valence-corrected chi connectivity index (χ1v) is 0. The summed E-state index contributed by atoms with van der Waals surface area (Å²) in [5, 5.41) is 0. The van der Waals surface area contributed by atoms with Crippen LogP contribution in [0.25, 0.3) is 0 Å². The molecule has 0 amide bonds. The molecule has 0 fully saturated rings. The molecule has 0 aliphatic carbocycles. The first-order chi connectivity index (χ1) is 0. The van der Waals surface area contributed by atoms with E-state index in [1.807, 2.05) is 0 Å². The Morgan fingerprint density at radius 1 is 0.750 bits per heavy atom. The van der Waals surface area contributed by atoms with Crippen LogP contribution in [0.4, 0.5) is 0 Å². The molecule has 0 aromatic carbocycles. The van der Waals surface area contributed by atoms with Crippen molar-refractivity contribution in [2.24, 2.45) is 0 Å². The van der Waals surface area contributed by atoms with Crippen LogP contribution >= 0.6 is 0 Å². The van der Waals surface area contributed by atoms with E-state index in [0.29, 0.717) is 0 Å². The van der Waals surface area contributed by atoms with Gasteiger partial charge in [0.15, 0.2) is 0 Å². The van der Waals surface area contributed by atoms with Crippen molar-refractivity contribution in [3.05, 3.63) is 0 Å². The Labute approximate surface area is 35.1 Å². The van der Waals surface area contributed by atoms with Crippen LogP contribution in [0.2, 0.25) is 0 Å². The van der Waals surface area contributed by atoms with E-state index in [1.165, 1.54) is 0 Å². The zero-order valence-corrected chi connectivity index (χ0v) is 3.16. The maximum absolute atomic E-state index is 0. The SMILES string of the molecule is N.O.O.[Fe+2]. The number of hydrogen-bond donors (Lipinski definition) is 1. The van der Waals surface area contributed by atoms with Gasteiger partial charge in [-0.3, -0.25) is 0 Å². The van der Waals surface area contributed by atoms with Gasteiger partial charge in [0.05, 0.1) is 0 Å². The van der Waals surface area contributed by atoms with Gasteiger partial charge in [0.2, 0.25) is 0 Å². The molecule has 0 aliphatic heterocycles. The van der Waals surface area contributed by atoms with Gasteiger partial charge >= 0.3 is 17.1 Å². The second-order valence-corrected chi connectivity index (χ2v) is 0. The molecule has 3 nitrogen and oxygen atoms in total. The predicted molar refractivity (Wildman–Crippen MR) is 12.2 cm³/mol. The monoisotopic (exact) mass is 109 g/mol. The Morgan fingerprint density at radius 3 is 0.750 bits per heavy atom. The molecule has 0 saturated carbocycles. The molecule has 0 bridgehead atoms. The molecular weight excluding hydrogens is 102 g/mol. The third-order valence-corrected chi connectivity index (χ3v) is 0. The normalized spacial score (nSPS) is 0. The van der Waals surface area contributed by atoms with Crippen LogP contribution in [0.15, 0.2) is 0 Å². The van der Waals surface area contributed by atoms with Crippen molar-refractivity contribution < 1.29 is 28.0 Å². The van der Waals surface area contributed by atoms with Crippen molar-refractivity contribution in [1.29, 1.82) is 0 Å². The van der Waals surface area contributed by atoms with Crippen molar-refractivity contribution in [2.75, 3.05) is 0 Å². The summed E-state index contributed by atoms with van der Waals surface area (Å²) in [4.78, 5) is 0. The maximum atomic E-state index is 0.